The van der Waals surface area contributed by atoms with Crippen LogP contribution in [-0.4, -0.2) is 30.0 Å². The molecule has 130 valence electrons. The van der Waals surface area contributed by atoms with Gasteiger partial charge in [0, 0.05) is 4.32 Å². The van der Waals surface area contributed by atoms with Crippen LogP contribution in [0.3, 0.4) is 0 Å². The Morgan fingerprint density at radius 1 is 0.955 bits per heavy atom. The zero-order valence-electron chi connectivity index (χ0n) is 15.4. The van der Waals surface area contributed by atoms with E-state index in [9.17, 15) is 9.59 Å². The highest BCUT2D eigenvalue weighted by Gasteiger charge is 2.54. The highest BCUT2D eigenvalue weighted by atomic mass is 79.9. The molecule has 0 aromatic heterocycles. The normalized spacial score (nSPS) is 15.9. The van der Waals surface area contributed by atoms with E-state index in [0.29, 0.717) is 13.0 Å². The average molecular weight is 379 g/mol. The molecule has 0 heterocycles. The van der Waals surface area contributed by atoms with E-state index in [1.54, 1.807) is 6.92 Å². The monoisotopic (exact) mass is 378 g/mol. The van der Waals surface area contributed by atoms with Crippen LogP contribution in [0.15, 0.2) is 0 Å². The van der Waals surface area contributed by atoms with Gasteiger partial charge in [-0.15, -0.1) is 0 Å². The van der Waals surface area contributed by atoms with Crippen molar-refractivity contribution in [3.63, 3.8) is 0 Å². The van der Waals surface area contributed by atoms with Crippen molar-refractivity contribution < 1.29 is 19.1 Å². The molecule has 0 aromatic carbocycles. The first-order valence-corrected chi connectivity index (χ1v) is 8.41. The van der Waals surface area contributed by atoms with Crippen LogP contribution in [0.25, 0.3) is 0 Å². The molecule has 0 rings (SSSR count). The van der Waals surface area contributed by atoms with Crippen LogP contribution in [0.5, 0.6) is 0 Å². The molecular weight excluding hydrogens is 348 g/mol. The van der Waals surface area contributed by atoms with E-state index in [1.165, 1.54) is 7.11 Å². The summed E-state index contributed by atoms with van der Waals surface area (Å²) in [5.41, 5.74) is -1.97. The molecule has 0 amide bonds. The van der Waals surface area contributed by atoms with Crippen LogP contribution in [0.2, 0.25) is 0 Å². The second-order valence-electron chi connectivity index (χ2n) is 7.70. The molecule has 22 heavy (non-hydrogen) atoms. The van der Waals surface area contributed by atoms with Crippen LogP contribution < -0.4 is 0 Å². The lowest BCUT2D eigenvalue weighted by Gasteiger charge is -2.47. The molecule has 0 bridgehead atoms. The Hall–Kier alpha value is -0.580. The van der Waals surface area contributed by atoms with Gasteiger partial charge in [0.15, 0.2) is 0 Å². The molecular formula is C17H31BrO4. The fourth-order valence-corrected chi connectivity index (χ4v) is 2.75. The van der Waals surface area contributed by atoms with Gasteiger partial charge in [0.05, 0.1) is 24.5 Å². The average Bonchev–Trinajstić information content (AvgIpc) is 2.35. The van der Waals surface area contributed by atoms with Gasteiger partial charge in [-0.1, -0.05) is 29.8 Å². The largest absolute Gasteiger partial charge is 0.469 e. The van der Waals surface area contributed by atoms with Crippen molar-refractivity contribution in [3.05, 3.63) is 0 Å². The van der Waals surface area contributed by atoms with Crippen molar-refractivity contribution in [2.45, 2.75) is 66.1 Å². The quantitative estimate of drug-likeness (QED) is 0.488. The zero-order chi connectivity index (χ0) is 18.0. The number of carbonyl (C=O) groups excluding carboxylic acids is 2. The van der Waals surface area contributed by atoms with Crippen LogP contribution in [0.4, 0.5) is 0 Å². The summed E-state index contributed by atoms with van der Waals surface area (Å²) in [6, 6.07) is 0. The van der Waals surface area contributed by atoms with Crippen molar-refractivity contribution in [3.8, 4) is 0 Å². The maximum absolute atomic E-state index is 12.4. The van der Waals surface area contributed by atoms with Crippen molar-refractivity contribution in [1.82, 2.24) is 0 Å². The van der Waals surface area contributed by atoms with Crippen LogP contribution in [0.1, 0.15) is 61.8 Å². The lowest BCUT2D eigenvalue weighted by atomic mass is 9.58. The molecule has 0 aromatic rings. The highest BCUT2D eigenvalue weighted by Crippen LogP contribution is 2.53. The number of ether oxygens (including phenoxy) is 2. The maximum Gasteiger partial charge on any atom is 0.312 e. The first-order chi connectivity index (χ1) is 9.67. The topological polar surface area (TPSA) is 52.6 Å². The lowest BCUT2D eigenvalue weighted by Crippen LogP contribution is -2.51. The molecule has 0 N–H and O–H groups in total. The number of halogens is 1. The van der Waals surface area contributed by atoms with Crippen molar-refractivity contribution in [2.75, 3.05) is 13.7 Å². The van der Waals surface area contributed by atoms with Gasteiger partial charge < -0.3 is 9.47 Å². The number of carbonyl (C=O) groups is 2. The van der Waals surface area contributed by atoms with Crippen LogP contribution in [-0.2, 0) is 19.1 Å². The van der Waals surface area contributed by atoms with Gasteiger partial charge in [0.2, 0.25) is 0 Å². The van der Waals surface area contributed by atoms with Gasteiger partial charge in [-0.05, 0) is 53.4 Å². The second kappa shape index (κ2) is 6.90. The Bertz CT molecular complexity index is 421. The number of rotatable bonds is 7. The van der Waals surface area contributed by atoms with Crippen molar-refractivity contribution in [2.24, 2.45) is 16.2 Å². The fourth-order valence-electron chi connectivity index (χ4n) is 2.44. The van der Waals surface area contributed by atoms with Gasteiger partial charge in [-0.3, -0.25) is 9.59 Å². The molecule has 0 radical (unpaired) electrons. The number of hydrogen-bond acceptors (Lipinski definition) is 4. The molecule has 0 saturated carbocycles. The molecule has 4 nitrogen and oxygen atoms in total. The molecule has 5 heteroatoms. The minimum atomic E-state index is -0.783. The number of hydrogen-bond donors (Lipinski definition) is 0. The summed E-state index contributed by atoms with van der Waals surface area (Å²) < 4.78 is 9.76. The van der Waals surface area contributed by atoms with Gasteiger partial charge >= 0.3 is 11.9 Å². The standard InChI is InChI=1S/C17H31BrO4/c1-10-22-12(19)15(4,5)14(2,3)11-17(8,13(20)21-9)16(6,7)18/h10-11H2,1-9H3. The van der Waals surface area contributed by atoms with Crippen molar-refractivity contribution >= 4 is 27.9 Å². The molecule has 1 atom stereocenters. The predicted octanol–water partition coefficient (Wildman–Crippen LogP) is 4.34. The summed E-state index contributed by atoms with van der Waals surface area (Å²) in [6.07, 6.45) is 0.483. The minimum Gasteiger partial charge on any atom is -0.469 e. The predicted molar refractivity (Wildman–Crippen MR) is 91.9 cm³/mol. The van der Waals surface area contributed by atoms with E-state index in [1.807, 2.05) is 48.5 Å². The molecule has 0 aliphatic carbocycles. The molecule has 0 aliphatic heterocycles. The fraction of sp³-hybridized carbons (Fsp3) is 0.882. The van der Waals surface area contributed by atoms with Crippen LogP contribution >= 0.6 is 15.9 Å². The summed E-state index contributed by atoms with van der Waals surface area (Å²) in [6.45, 7) is 15.6. The molecule has 0 saturated heterocycles. The molecule has 0 spiro atoms. The first-order valence-electron chi connectivity index (χ1n) is 7.62. The SMILES string of the molecule is CCOC(=O)C(C)(C)C(C)(C)CC(C)(C(=O)OC)C(C)(C)Br. The maximum atomic E-state index is 12.4. The third-order valence-electron chi connectivity index (χ3n) is 5.22. The number of esters is 2. The van der Waals surface area contributed by atoms with E-state index >= 15 is 0 Å². The third-order valence-corrected chi connectivity index (χ3v) is 6.10. The lowest BCUT2D eigenvalue weighted by molar-refractivity contribution is -0.167. The van der Waals surface area contributed by atoms with E-state index in [4.69, 9.17) is 9.47 Å². The van der Waals surface area contributed by atoms with Crippen molar-refractivity contribution in [1.29, 1.82) is 0 Å². The zero-order valence-corrected chi connectivity index (χ0v) is 17.0. The minimum absolute atomic E-state index is 0.250. The first kappa shape index (κ1) is 21.4. The molecule has 1 unspecified atom stereocenters. The summed E-state index contributed by atoms with van der Waals surface area (Å²) in [4.78, 5) is 24.7. The van der Waals surface area contributed by atoms with Gasteiger partial charge in [0.25, 0.3) is 0 Å². The van der Waals surface area contributed by atoms with Gasteiger partial charge in [-0.2, -0.15) is 0 Å². The Balaban J connectivity index is 5.72. The van der Waals surface area contributed by atoms with Crippen LogP contribution in [0, 0.1) is 16.2 Å². The van der Waals surface area contributed by atoms with E-state index in [0.717, 1.165) is 0 Å². The van der Waals surface area contributed by atoms with E-state index in [2.05, 4.69) is 15.9 Å². The number of alkyl halides is 1. The third kappa shape index (κ3) is 4.03. The van der Waals surface area contributed by atoms with E-state index in [-0.39, 0.29) is 11.9 Å². The Morgan fingerprint density at radius 2 is 1.41 bits per heavy atom. The summed E-state index contributed by atoms with van der Waals surface area (Å²) in [5, 5.41) is 0. The summed E-state index contributed by atoms with van der Waals surface area (Å²) in [5.74, 6) is -0.540. The molecule has 0 fully saturated rings. The summed E-state index contributed by atoms with van der Waals surface area (Å²) in [7, 11) is 1.39. The Morgan fingerprint density at radius 3 is 1.73 bits per heavy atom. The smallest absolute Gasteiger partial charge is 0.312 e. The molecule has 0 aliphatic rings. The summed E-state index contributed by atoms with van der Waals surface area (Å²) >= 11 is 3.61. The van der Waals surface area contributed by atoms with E-state index < -0.39 is 20.6 Å². The second-order valence-corrected chi connectivity index (χ2v) is 9.68. The number of methoxy groups -OCH3 is 1. The Kier molecular flexibility index (Phi) is 6.71. The highest BCUT2D eigenvalue weighted by molar-refractivity contribution is 9.10. The Labute approximate surface area is 143 Å². The van der Waals surface area contributed by atoms with Gasteiger partial charge in [-0.25, -0.2) is 0 Å². The van der Waals surface area contributed by atoms with Gasteiger partial charge in [0.1, 0.15) is 0 Å².